The van der Waals surface area contributed by atoms with Crippen LogP contribution in [0.2, 0.25) is 0 Å². The molecule has 0 spiro atoms. The number of anilines is 1. The van der Waals surface area contributed by atoms with Gasteiger partial charge in [-0.1, -0.05) is 43.3 Å². The van der Waals surface area contributed by atoms with Crippen LogP contribution in [0.3, 0.4) is 0 Å². The molecule has 3 aromatic carbocycles. The van der Waals surface area contributed by atoms with E-state index >= 15 is 0 Å². The van der Waals surface area contributed by atoms with E-state index in [9.17, 15) is 15.0 Å². The largest absolute Gasteiger partial charge is 0.508 e. The number of thioether (sulfide) groups is 1. The smallest absolute Gasteiger partial charge is 0.319 e. The number of aromatic hydroxyl groups is 1. The molecule has 8 heteroatoms. The van der Waals surface area contributed by atoms with Crippen LogP contribution in [0, 0.1) is 5.92 Å². The van der Waals surface area contributed by atoms with Gasteiger partial charge >= 0.3 is 6.03 Å². The summed E-state index contributed by atoms with van der Waals surface area (Å²) in [5, 5.41) is 24.6. The van der Waals surface area contributed by atoms with E-state index in [4.69, 9.17) is 9.47 Å². The summed E-state index contributed by atoms with van der Waals surface area (Å²) in [6, 6.07) is 22.2. The first-order chi connectivity index (χ1) is 17.5. The van der Waals surface area contributed by atoms with Gasteiger partial charge in [0.1, 0.15) is 5.75 Å². The summed E-state index contributed by atoms with van der Waals surface area (Å²) in [5.74, 6) is 0.999. The Morgan fingerprint density at radius 2 is 1.75 bits per heavy atom. The molecule has 0 radical (unpaired) electrons. The van der Waals surface area contributed by atoms with Crippen molar-refractivity contribution in [2.24, 2.45) is 5.92 Å². The van der Waals surface area contributed by atoms with Gasteiger partial charge in [-0.2, -0.15) is 0 Å². The maximum atomic E-state index is 12.0. The molecule has 0 saturated carbocycles. The van der Waals surface area contributed by atoms with E-state index in [2.05, 4.69) is 17.6 Å². The highest BCUT2D eigenvalue weighted by molar-refractivity contribution is 7.99. The summed E-state index contributed by atoms with van der Waals surface area (Å²) in [7, 11) is 0. The average molecular weight is 509 g/mol. The third kappa shape index (κ3) is 6.59. The molecule has 190 valence electrons. The first kappa shape index (κ1) is 26.0. The third-order valence-corrected chi connectivity index (χ3v) is 7.23. The maximum absolute atomic E-state index is 12.0. The van der Waals surface area contributed by atoms with Crippen LogP contribution in [-0.2, 0) is 16.1 Å². The number of rotatable bonds is 8. The van der Waals surface area contributed by atoms with Gasteiger partial charge in [0.05, 0.1) is 18.8 Å². The number of amides is 2. The minimum absolute atomic E-state index is 0.00953. The summed E-state index contributed by atoms with van der Waals surface area (Å²) >= 11 is 1.67. The maximum Gasteiger partial charge on any atom is 0.319 e. The predicted molar refractivity (Wildman–Crippen MR) is 141 cm³/mol. The zero-order chi connectivity index (χ0) is 25.5. The number of aliphatic hydroxyl groups excluding tert-OH is 1. The fourth-order valence-corrected chi connectivity index (χ4v) is 5.20. The number of phenolic OH excluding ortho intramolecular Hbond substituents is 1. The Morgan fingerprint density at radius 1 is 1.00 bits per heavy atom. The average Bonchev–Trinajstić information content (AvgIpc) is 2.89. The quantitative estimate of drug-likeness (QED) is 0.295. The summed E-state index contributed by atoms with van der Waals surface area (Å²) in [4.78, 5) is 13.0. The Kier molecular flexibility index (Phi) is 8.88. The molecule has 4 rings (SSSR count). The molecule has 1 fully saturated rings. The van der Waals surface area contributed by atoms with Gasteiger partial charge in [0.15, 0.2) is 6.29 Å². The Labute approximate surface area is 215 Å². The van der Waals surface area contributed by atoms with Crippen molar-refractivity contribution >= 4 is 23.5 Å². The predicted octanol–water partition coefficient (Wildman–Crippen LogP) is 5.61. The number of aliphatic hydroxyl groups is 1. The summed E-state index contributed by atoms with van der Waals surface area (Å²) in [6.45, 7) is 4.51. The number of hydrogen-bond donors (Lipinski definition) is 4. The normalized spacial score (nSPS) is 21.6. The van der Waals surface area contributed by atoms with E-state index in [1.165, 1.54) is 0 Å². The van der Waals surface area contributed by atoms with E-state index in [0.29, 0.717) is 18.0 Å². The van der Waals surface area contributed by atoms with Gasteiger partial charge in [0, 0.05) is 34.4 Å². The Balaban J connectivity index is 1.57. The standard InChI is InChI=1S/C28H32N2O5S/c1-3-29-28(33)30-22-6-4-5-21(15-22)27-34-25(17-36-24-13-11-23(32)12-14-24)18(2)26(35-27)20-9-7-19(16-31)8-10-20/h4-15,18,25-27,31-32H,3,16-17H2,1-2H3,(H2,29,30,33). The van der Waals surface area contributed by atoms with Crippen LogP contribution in [0.5, 0.6) is 5.75 Å². The lowest BCUT2D eigenvalue weighted by Gasteiger charge is -2.41. The zero-order valence-corrected chi connectivity index (χ0v) is 21.2. The van der Waals surface area contributed by atoms with Crippen LogP contribution >= 0.6 is 11.8 Å². The summed E-state index contributed by atoms with van der Waals surface area (Å²) in [5.41, 5.74) is 3.33. The zero-order valence-electron chi connectivity index (χ0n) is 20.4. The molecule has 1 heterocycles. The molecule has 4 atom stereocenters. The van der Waals surface area contributed by atoms with Crippen molar-refractivity contribution in [3.8, 4) is 5.75 Å². The van der Waals surface area contributed by atoms with Crippen molar-refractivity contribution in [2.75, 3.05) is 17.6 Å². The first-order valence-electron chi connectivity index (χ1n) is 12.0. The second kappa shape index (κ2) is 12.3. The molecular weight excluding hydrogens is 476 g/mol. The van der Waals surface area contributed by atoms with E-state index in [1.54, 1.807) is 23.9 Å². The van der Waals surface area contributed by atoms with Crippen molar-refractivity contribution in [3.63, 3.8) is 0 Å². The molecule has 3 aromatic rings. The van der Waals surface area contributed by atoms with Gasteiger partial charge in [-0.25, -0.2) is 4.79 Å². The molecule has 1 aliphatic heterocycles. The number of hydrogen-bond acceptors (Lipinski definition) is 6. The highest BCUT2D eigenvalue weighted by Gasteiger charge is 2.38. The monoisotopic (exact) mass is 508 g/mol. The van der Waals surface area contributed by atoms with Crippen LogP contribution < -0.4 is 10.6 Å². The number of phenols is 1. The Morgan fingerprint density at radius 3 is 2.44 bits per heavy atom. The van der Waals surface area contributed by atoms with Crippen LogP contribution in [0.1, 0.15) is 42.9 Å². The van der Waals surface area contributed by atoms with Gasteiger partial charge in [-0.05, 0) is 54.4 Å². The van der Waals surface area contributed by atoms with E-state index in [1.807, 2.05) is 67.6 Å². The van der Waals surface area contributed by atoms with Crippen LogP contribution in [0.4, 0.5) is 10.5 Å². The minimum atomic E-state index is -0.620. The van der Waals surface area contributed by atoms with Gasteiger partial charge < -0.3 is 30.3 Å². The fourth-order valence-electron chi connectivity index (χ4n) is 4.13. The molecule has 1 aliphatic rings. The van der Waals surface area contributed by atoms with Crippen molar-refractivity contribution in [2.45, 2.75) is 43.8 Å². The molecule has 7 nitrogen and oxygen atoms in total. The lowest BCUT2D eigenvalue weighted by molar-refractivity contribution is -0.268. The second-order valence-electron chi connectivity index (χ2n) is 8.74. The molecule has 36 heavy (non-hydrogen) atoms. The van der Waals surface area contributed by atoms with Gasteiger partial charge in [-0.3, -0.25) is 0 Å². The van der Waals surface area contributed by atoms with Gasteiger partial charge in [0.2, 0.25) is 0 Å². The number of nitrogens with one attached hydrogen (secondary N) is 2. The molecular formula is C28H32N2O5S. The summed E-state index contributed by atoms with van der Waals surface area (Å²) in [6.07, 6.45) is -0.961. The first-order valence-corrected chi connectivity index (χ1v) is 13.0. The number of carbonyl (C=O) groups excluding carboxylic acids is 1. The molecule has 0 aliphatic carbocycles. The van der Waals surface area contributed by atoms with Gasteiger partial charge in [0.25, 0.3) is 0 Å². The molecule has 4 N–H and O–H groups in total. The summed E-state index contributed by atoms with van der Waals surface area (Å²) < 4.78 is 13.0. The highest BCUT2D eigenvalue weighted by Crippen LogP contribution is 2.43. The highest BCUT2D eigenvalue weighted by atomic mass is 32.2. The molecule has 0 bridgehead atoms. The molecule has 0 aromatic heterocycles. The molecule has 1 saturated heterocycles. The number of urea groups is 1. The van der Waals surface area contributed by atoms with Crippen molar-refractivity contribution in [1.82, 2.24) is 5.32 Å². The third-order valence-electron chi connectivity index (χ3n) is 6.13. The molecule has 2 amide bonds. The van der Waals surface area contributed by atoms with Crippen molar-refractivity contribution in [1.29, 1.82) is 0 Å². The number of benzene rings is 3. The second-order valence-corrected chi connectivity index (χ2v) is 9.83. The van der Waals surface area contributed by atoms with E-state index in [-0.39, 0.29) is 36.5 Å². The van der Waals surface area contributed by atoms with E-state index < -0.39 is 6.29 Å². The Bertz CT molecular complexity index is 1140. The van der Waals surface area contributed by atoms with Crippen LogP contribution in [0.15, 0.2) is 77.7 Å². The molecule has 4 unspecified atom stereocenters. The topological polar surface area (TPSA) is 100 Å². The number of ether oxygens (including phenoxy) is 2. The lowest BCUT2D eigenvalue weighted by atomic mass is 9.91. The van der Waals surface area contributed by atoms with Crippen LogP contribution in [0.25, 0.3) is 0 Å². The van der Waals surface area contributed by atoms with Crippen LogP contribution in [-0.4, -0.2) is 34.6 Å². The minimum Gasteiger partial charge on any atom is -0.508 e. The lowest BCUT2D eigenvalue weighted by Crippen LogP contribution is -2.38. The Hall–Kier alpha value is -3.04. The van der Waals surface area contributed by atoms with E-state index in [0.717, 1.165) is 21.6 Å². The van der Waals surface area contributed by atoms with Gasteiger partial charge in [-0.15, -0.1) is 11.8 Å². The fraction of sp³-hybridized carbons (Fsp3) is 0.321. The number of carbonyl (C=O) groups is 1. The SMILES string of the molecule is CCNC(=O)Nc1cccc(C2OC(CSc3ccc(O)cc3)C(C)C(c3ccc(CO)cc3)O2)c1. The van der Waals surface area contributed by atoms with Crippen molar-refractivity contribution < 1.29 is 24.5 Å². The van der Waals surface area contributed by atoms with Crippen molar-refractivity contribution in [3.05, 3.63) is 89.5 Å².